The van der Waals surface area contributed by atoms with Gasteiger partial charge in [0, 0.05) is 17.2 Å². The Labute approximate surface area is 139 Å². The van der Waals surface area contributed by atoms with E-state index in [4.69, 9.17) is 4.98 Å². The molecule has 1 aromatic heterocycles. The average Bonchev–Trinajstić information content (AvgIpc) is 3.06. The Morgan fingerprint density at radius 3 is 2.77 bits per heavy atom. The second-order valence-corrected chi connectivity index (χ2v) is 8.87. The van der Waals surface area contributed by atoms with E-state index in [0.717, 1.165) is 29.6 Å². The van der Waals surface area contributed by atoms with Gasteiger partial charge >= 0.3 is 0 Å². The SMILES string of the molecule is CC1CCCC2CCC(c3csc(C4CCNCC4)n3)CC12. The van der Waals surface area contributed by atoms with Crippen LogP contribution in [0.25, 0.3) is 0 Å². The Bertz CT molecular complexity index is 491. The summed E-state index contributed by atoms with van der Waals surface area (Å²) in [7, 11) is 0. The first-order valence-electron chi connectivity index (χ1n) is 9.47. The highest BCUT2D eigenvalue weighted by Crippen LogP contribution is 2.48. The molecule has 0 amide bonds. The first-order chi connectivity index (χ1) is 10.8. The number of aromatic nitrogens is 1. The van der Waals surface area contributed by atoms with E-state index in [9.17, 15) is 0 Å². The van der Waals surface area contributed by atoms with Gasteiger partial charge in [-0.1, -0.05) is 26.2 Å². The van der Waals surface area contributed by atoms with Crippen molar-refractivity contribution in [2.75, 3.05) is 13.1 Å². The van der Waals surface area contributed by atoms with Gasteiger partial charge in [-0.3, -0.25) is 0 Å². The Morgan fingerprint density at radius 1 is 1.05 bits per heavy atom. The van der Waals surface area contributed by atoms with Gasteiger partial charge in [-0.05, 0) is 62.9 Å². The van der Waals surface area contributed by atoms with Crippen molar-refractivity contribution >= 4 is 11.3 Å². The lowest BCUT2D eigenvalue weighted by Crippen LogP contribution is -2.32. The van der Waals surface area contributed by atoms with Crippen molar-refractivity contribution < 1.29 is 0 Å². The van der Waals surface area contributed by atoms with Crippen LogP contribution in [0, 0.1) is 17.8 Å². The van der Waals surface area contributed by atoms with Crippen LogP contribution in [0.15, 0.2) is 5.38 Å². The number of nitrogens with one attached hydrogen (secondary N) is 1. The van der Waals surface area contributed by atoms with Crippen LogP contribution in [0.1, 0.15) is 80.8 Å². The lowest BCUT2D eigenvalue weighted by Gasteiger charge is -2.42. The largest absolute Gasteiger partial charge is 0.317 e. The predicted molar refractivity (Wildman–Crippen MR) is 93.5 cm³/mol. The summed E-state index contributed by atoms with van der Waals surface area (Å²) < 4.78 is 0. The van der Waals surface area contributed by atoms with Crippen LogP contribution in [0.4, 0.5) is 0 Å². The van der Waals surface area contributed by atoms with Gasteiger partial charge in [0.15, 0.2) is 0 Å². The van der Waals surface area contributed by atoms with Crippen molar-refractivity contribution in [3.63, 3.8) is 0 Å². The zero-order valence-electron chi connectivity index (χ0n) is 13.9. The van der Waals surface area contributed by atoms with Crippen molar-refractivity contribution in [3.05, 3.63) is 16.1 Å². The minimum Gasteiger partial charge on any atom is -0.317 e. The van der Waals surface area contributed by atoms with Crippen LogP contribution in [-0.2, 0) is 0 Å². The second kappa shape index (κ2) is 6.60. The maximum atomic E-state index is 5.11. The molecule has 1 aromatic rings. The van der Waals surface area contributed by atoms with E-state index in [1.807, 2.05) is 11.3 Å². The molecule has 0 aromatic carbocycles. The number of fused-ring (bicyclic) bond motifs is 1. The minimum absolute atomic E-state index is 0.727. The summed E-state index contributed by atoms with van der Waals surface area (Å²) >= 11 is 1.94. The normalized spacial score (nSPS) is 37.0. The molecule has 4 rings (SSSR count). The third-order valence-corrected chi connectivity index (χ3v) is 7.69. The van der Waals surface area contributed by atoms with Crippen LogP contribution in [-0.4, -0.2) is 18.1 Å². The summed E-state index contributed by atoms with van der Waals surface area (Å²) in [5, 5.41) is 7.29. The molecule has 2 aliphatic carbocycles. The molecule has 1 aliphatic heterocycles. The summed E-state index contributed by atoms with van der Waals surface area (Å²) in [6.45, 7) is 4.84. The van der Waals surface area contributed by atoms with E-state index < -0.39 is 0 Å². The van der Waals surface area contributed by atoms with Crippen molar-refractivity contribution in [2.45, 2.75) is 70.1 Å². The number of nitrogens with zero attached hydrogens (tertiary/aromatic N) is 1. The molecule has 2 nitrogen and oxygen atoms in total. The van der Waals surface area contributed by atoms with E-state index in [1.165, 1.54) is 75.2 Å². The van der Waals surface area contributed by atoms with Gasteiger partial charge in [-0.25, -0.2) is 4.98 Å². The molecule has 0 bridgehead atoms. The molecular weight excluding hydrogens is 288 g/mol. The summed E-state index contributed by atoms with van der Waals surface area (Å²) in [6, 6.07) is 0. The molecule has 4 unspecified atom stereocenters. The molecule has 3 heteroatoms. The van der Waals surface area contributed by atoms with Crippen molar-refractivity contribution in [3.8, 4) is 0 Å². The van der Waals surface area contributed by atoms with Crippen LogP contribution in [0.5, 0.6) is 0 Å². The van der Waals surface area contributed by atoms with Gasteiger partial charge in [0.2, 0.25) is 0 Å². The van der Waals surface area contributed by atoms with Crippen LogP contribution in [0.3, 0.4) is 0 Å². The zero-order chi connectivity index (χ0) is 14.9. The highest BCUT2D eigenvalue weighted by atomic mass is 32.1. The molecule has 22 heavy (non-hydrogen) atoms. The van der Waals surface area contributed by atoms with E-state index in [-0.39, 0.29) is 0 Å². The number of hydrogen-bond acceptors (Lipinski definition) is 3. The minimum atomic E-state index is 0.727. The molecule has 4 atom stereocenters. The molecule has 2 heterocycles. The van der Waals surface area contributed by atoms with Gasteiger partial charge < -0.3 is 5.32 Å². The summed E-state index contributed by atoms with van der Waals surface area (Å²) in [4.78, 5) is 5.11. The molecule has 3 fully saturated rings. The van der Waals surface area contributed by atoms with E-state index in [0.29, 0.717) is 0 Å². The number of hydrogen-bond donors (Lipinski definition) is 1. The maximum Gasteiger partial charge on any atom is 0.0960 e. The molecule has 1 saturated heterocycles. The molecule has 1 N–H and O–H groups in total. The number of rotatable bonds is 2. The van der Waals surface area contributed by atoms with Gasteiger partial charge in [-0.15, -0.1) is 11.3 Å². The fraction of sp³-hybridized carbons (Fsp3) is 0.842. The summed E-state index contributed by atoms with van der Waals surface area (Å²) in [5.74, 6) is 4.45. The van der Waals surface area contributed by atoms with Crippen molar-refractivity contribution in [1.82, 2.24) is 10.3 Å². The standard InChI is InChI=1S/C19H30N2S/c1-13-3-2-4-14-5-6-16(11-17(13)14)18-12-22-19(21-18)15-7-9-20-10-8-15/h12-17,20H,2-11H2,1H3. The van der Waals surface area contributed by atoms with Crippen LogP contribution >= 0.6 is 11.3 Å². The highest BCUT2D eigenvalue weighted by Gasteiger charge is 2.37. The summed E-state index contributed by atoms with van der Waals surface area (Å²) in [5.41, 5.74) is 1.44. The Morgan fingerprint density at radius 2 is 1.91 bits per heavy atom. The average molecular weight is 319 g/mol. The Hall–Kier alpha value is -0.410. The molecule has 0 spiro atoms. The van der Waals surface area contributed by atoms with Gasteiger partial charge in [0.1, 0.15) is 0 Å². The lowest BCUT2D eigenvalue weighted by molar-refractivity contribution is 0.102. The summed E-state index contributed by atoms with van der Waals surface area (Å²) in [6.07, 6.45) is 11.3. The second-order valence-electron chi connectivity index (χ2n) is 7.98. The van der Waals surface area contributed by atoms with Gasteiger partial charge in [0.05, 0.1) is 10.7 Å². The monoisotopic (exact) mass is 318 g/mol. The fourth-order valence-corrected chi connectivity index (χ4v) is 6.33. The number of thiazole rings is 1. The van der Waals surface area contributed by atoms with Crippen LogP contribution in [0.2, 0.25) is 0 Å². The topological polar surface area (TPSA) is 24.9 Å². The third kappa shape index (κ3) is 2.99. The Balaban J connectivity index is 1.44. The van der Waals surface area contributed by atoms with Crippen LogP contribution < -0.4 is 5.32 Å². The molecule has 3 aliphatic rings. The first-order valence-corrected chi connectivity index (χ1v) is 10.3. The fourth-order valence-electron chi connectivity index (χ4n) is 5.25. The lowest BCUT2D eigenvalue weighted by atomic mass is 9.63. The van der Waals surface area contributed by atoms with Crippen molar-refractivity contribution in [1.29, 1.82) is 0 Å². The molecular formula is C19H30N2S. The van der Waals surface area contributed by atoms with E-state index >= 15 is 0 Å². The predicted octanol–water partition coefficient (Wildman–Crippen LogP) is 4.93. The zero-order valence-corrected chi connectivity index (χ0v) is 14.7. The first kappa shape index (κ1) is 15.1. The van der Waals surface area contributed by atoms with Crippen molar-refractivity contribution in [2.24, 2.45) is 17.8 Å². The quantitative estimate of drug-likeness (QED) is 0.836. The van der Waals surface area contributed by atoms with Gasteiger partial charge in [0.25, 0.3) is 0 Å². The third-order valence-electron chi connectivity index (χ3n) is 6.66. The molecule has 0 radical (unpaired) electrons. The smallest absolute Gasteiger partial charge is 0.0960 e. The highest BCUT2D eigenvalue weighted by molar-refractivity contribution is 7.09. The maximum absolute atomic E-state index is 5.11. The number of piperidine rings is 1. The Kier molecular flexibility index (Phi) is 4.54. The van der Waals surface area contributed by atoms with E-state index in [1.54, 1.807) is 0 Å². The van der Waals surface area contributed by atoms with Gasteiger partial charge in [-0.2, -0.15) is 0 Å². The molecule has 2 saturated carbocycles. The molecule has 122 valence electrons. The van der Waals surface area contributed by atoms with E-state index in [2.05, 4.69) is 17.6 Å².